The number of hydrogen-bond donors (Lipinski definition) is 1. The molecule has 1 aliphatic heterocycles. The average molecular weight is 344 g/mol. The molecule has 0 aliphatic carbocycles. The number of likely N-dealkylation sites (tertiary alicyclic amines) is 1. The van der Waals surface area contributed by atoms with Crippen LogP contribution in [0.15, 0.2) is 30.6 Å². The smallest absolute Gasteiger partial charge is 0.224 e. The Morgan fingerprint density at radius 2 is 2.16 bits per heavy atom. The number of primary amides is 1. The van der Waals surface area contributed by atoms with Crippen LogP contribution >= 0.6 is 0 Å². The molecule has 1 aromatic heterocycles. The normalized spacial score (nSPS) is 20.3. The molecule has 7 heteroatoms. The predicted octanol–water partition coefficient (Wildman–Crippen LogP) is 1.31. The fraction of sp³-hybridized carbons (Fsp3) is 0.500. The van der Waals surface area contributed by atoms with Crippen molar-refractivity contribution in [2.45, 2.75) is 37.8 Å². The van der Waals surface area contributed by atoms with Crippen LogP contribution in [-0.2, 0) is 20.9 Å². The molecule has 1 aliphatic rings. The van der Waals surface area contributed by atoms with E-state index in [1.165, 1.54) is 0 Å². The molecular weight excluding hydrogens is 320 g/mol. The first-order valence-corrected chi connectivity index (χ1v) is 8.53. The molecule has 0 spiro atoms. The molecule has 25 heavy (non-hydrogen) atoms. The zero-order valence-electron chi connectivity index (χ0n) is 14.5. The molecule has 1 saturated heterocycles. The maximum absolute atomic E-state index is 12.8. The van der Waals surface area contributed by atoms with Gasteiger partial charge in [0.05, 0.1) is 35.9 Å². The Labute approximate surface area is 146 Å². The molecule has 0 radical (unpaired) electrons. The zero-order valence-corrected chi connectivity index (χ0v) is 14.5. The van der Waals surface area contributed by atoms with Crippen molar-refractivity contribution >= 4 is 22.8 Å². The van der Waals surface area contributed by atoms with Crippen LogP contribution in [0.4, 0.5) is 0 Å². The second-order valence-electron chi connectivity index (χ2n) is 6.63. The maximum Gasteiger partial charge on any atom is 0.224 e. The molecule has 0 saturated carbocycles. The highest BCUT2D eigenvalue weighted by Crippen LogP contribution is 2.33. The Morgan fingerprint density at radius 3 is 2.92 bits per heavy atom. The minimum absolute atomic E-state index is 0.0218. The van der Waals surface area contributed by atoms with Crippen molar-refractivity contribution in [1.29, 1.82) is 0 Å². The molecule has 7 nitrogen and oxygen atoms in total. The van der Waals surface area contributed by atoms with Gasteiger partial charge in [-0.25, -0.2) is 4.98 Å². The molecule has 1 aromatic carbocycles. The van der Waals surface area contributed by atoms with Gasteiger partial charge in [0.15, 0.2) is 0 Å². The van der Waals surface area contributed by atoms with Crippen molar-refractivity contribution in [3.63, 3.8) is 0 Å². The summed E-state index contributed by atoms with van der Waals surface area (Å²) in [5.74, 6) is -0.383. The van der Waals surface area contributed by atoms with E-state index in [4.69, 9.17) is 10.5 Å². The topological polar surface area (TPSA) is 90.5 Å². The van der Waals surface area contributed by atoms with E-state index in [0.717, 1.165) is 23.9 Å². The van der Waals surface area contributed by atoms with Crippen molar-refractivity contribution in [3.8, 4) is 0 Å². The molecule has 1 unspecified atom stereocenters. The number of nitrogens with zero attached hydrogens (tertiary/aromatic N) is 3. The van der Waals surface area contributed by atoms with Crippen LogP contribution in [0.5, 0.6) is 0 Å². The standard InChI is InChI=1S/C18H24N4O3/c1-25-12-18(11-16(19)23)8-4-9-22(18)17(24)7-10-21-13-20-14-5-2-3-6-15(14)21/h2-3,5-6,13H,4,7-12H2,1H3,(H2,19,23). The largest absolute Gasteiger partial charge is 0.382 e. The van der Waals surface area contributed by atoms with Crippen LogP contribution in [0, 0.1) is 0 Å². The summed E-state index contributed by atoms with van der Waals surface area (Å²) in [6.45, 7) is 1.52. The number of hydrogen-bond acceptors (Lipinski definition) is 4. The number of carbonyl (C=O) groups is 2. The van der Waals surface area contributed by atoms with Gasteiger partial charge in [0.2, 0.25) is 11.8 Å². The maximum atomic E-state index is 12.8. The van der Waals surface area contributed by atoms with Gasteiger partial charge in [-0.1, -0.05) is 12.1 Å². The number of amides is 2. The molecular formula is C18H24N4O3. The second-order valence-corrected chi connectivity index (χ2v) is 6.63. The van der Waals surface area contributed by atoms with Gasteiger partial charge in [0.1, 0.15) is 0 Å². The molecule has 2 amide bonds. The molecule has 2 heterocycles. The number of para-hydroxylation sites is 2. The zero-order chi connectivity index (χ0) is 17.9. The lowest BCUT2D eigenvalue weighted by Crippen LogP contribution is -2.52. The van der Waals surface area contributed by atoms with Gasteiger partial charge in [-0.05, 0) is 25.0 Å². The lowest BCUT2D eigenvalue weighted by Gasteiger charge is -2.37. The number of benzene rings is 1. The van der Waals surface area contributed by atoms with Crippen LogP contribution in [-0.4, -0.2) is 52.1 Å². The van der Waals surface area contributed by atoms with Gasteiger partial charge < -0.3 is 19.9 Å². The van der Waals surface area contributed by atoms with Crippen LogP contribution in [0.3, 0.4) is 0 Å². The first-order chi connectivity index (χ1) is 12.1. The SMILES string of the molecule is COCC1(CC(N)=O)CCCN1C(=O)CCn1cnc2ccccc21. The summed E-state index contributed by atoms with van der Waals surface area (Å²) < 4.78 is 7.28. The number of imidazole rings is 1. The number of aromatic nitrogens is 2. The number of aryl methyl sites for hydroxylation is 1. The summed E-state index contributed by atoms with van der Waals surface area (Å²) in [6.07, 6.45) is 3.85. The molecule has 1 atom stereocenters. The van der Waals surface area contributed by atoms with E-state index in [2.05, 4.69) is 4.98 Å². The molecule has 0 bridgehead atoms. The Balaban J connectivity index is 1.72. The summed E-state index contributed by atoms with van der Waals surface area (Å²) in [7, 11) is 1.58. The monoisotopic (exact) mass is 344 g/mol. The van der Waals surface area contributed by atoms with Crippen LogP contribution in [0.1, 0.15) is 25.7 Å². The van der Waals surface area contributed by atoms with E-state index >= 15 is 0 Å². The molecule has 3 rings (SSSR count). The second kappa shape index (κ2) is 7.23. The van der Waals surface area contributed by atoms with E-state index in [1.807, 2.05) is 28.8 Å². The fourth-order valence-corrected chi connectivity index (χ4v) is 3.85. The summed E-state index contributed by atoms with van der Waals surface area (Å²) in [5.41, 5.74) is 6.74. The highest BCUT2D eigenvalue weighted by atomic mass is 16.5. The lowest BCUT2D eigenvalue weighted by atomic mass is 9.92. The van der Waals surface area contributed by atoms with Gasteiger partial charge in [0.25, 0.3) is 0 Å². The molecule has 1 fully saturated rings. The van der Waals surface area contributed by atoms with Crippen LogP contribution in [0.2, 0.25) is 0 Å². The quantitative estimate of drug-likeness (QED) is 0.820. The third-order valence-electron chi connectivity index (χ3n) is 4.91. The molecule has 134 valence electrons. The van der Waals surface area contributed by atoms with Gasteiger partial charge in [-0.2, -0.15) is 0 Å². The summed E-state index contributed by atoms with van der Waals surface area (Å²) in [5, 5.41) is 0. The third-order valence-corrected chi connectivity index (χ3v) is 4.91. The Hall–Kier alpha value is -2.41. The van der Waals surface area contributed by atoms with Gasteiger partial charge in [-0.15, -0.1) is 0 Å². The van der Waals surface area contributed by atoms with Crippen molar-refractivity contribution in [1.82, 2.24) is 14.5 Å². The minimum atomic E-state index is -0.603. The third kappa shape index (κ3) is 3.51. The summed E-state index contributed by atoms with van der Waals surface area (Å²) in [4.78, 5) is 30.5. The molecule has 2 aromatic rings. The van der Waals surface area contributed by atoms with Crippen LogP contribution < -0.4 is 5.73 Å². The number of methoxy groups -OCH3 is 1. The van der Waals surface area contributed by atoms with E-state index in [0.29, 0.717) is 26.1 Å². The van der Waals surface area contributed by atoms with Gasteiger partial charge >= 0.3 is 0 Å². The number of fused-ring (bicyclic) bond motifs is 1. The van der Waals surface area contributed by atoms with E-state index < -0.39 is 11.4 Å². The Morgan fingerprint density at radius 1 is 1.36 bits per heavy atom. The highest BCUT2D eigenvalue weighted by molar-refractivity contribution is 5.81. The van der Waals surface area contributed by atoms with Gasteiger partial charge in [0, 0.05) is 26.6 Å². The fourth-order valence-electron chi connectivity index (χ4n) is 3.85. The number of carbonyl (C=O) groups excluding carboxylic acids is 2. The van der Waals surface area contributed by atoms with E-state index in [1.54, 1.807) is 18.3 Å². The van der Waals surface area contributed by atoms with E-state index in [-0.39, 0.29) is 12.3 Å². The van der Waals surface area contributed by atoms with Crippen molar-refractivity contribution in [2.75, 3.05) is 20.3 Å². The number of ether oxygens (including phenoxy) is 1. The summed E-state index contributed by atoms with van der Waals surface area (Å²) >= 11 is 0. The summed E-state index contributed by atoms with van der Waals surface area (Å²) in [6, 6.07) is 7.84. The van der Waals surface area contributed by atoms with Crippen molar-refractivity contribution < 1.29 is 14.3 Å². The first kappa shape index (κ1) is 17.4. The average Bonchev–Trinajstić information content (AvgIpc) is 3.17. The van der Waals surface area contributed by atoms with Crippen molar-refractivity contribution in [3.05, 3.63) is 30.6 Å². The number of nitrogens with two attached hydrogens (primary N) is 1. The Bertz CT molecular complexity index is 773. The molecule has 2 N–H and O–H groups in total. The first-order valence-electron chi connectivity index (χ1n) is 8.53. The Kier molecular flexibility index (Phi) is 5.03. The lowest BCUT2D eigenvalue weighted by molar-refractivity contribution is -0.139. The van der Waals surface area contributed by atoms with Crippen molar-refractivity contribution in [2.24, 2.45) is 5.73 Å². The predicted molar refractivity (Wildman–Crippen MR) is 93.7 cm³/mol. The highest BCUT2D eigenvalue weighted by Gasteiger charge is 2.44. The van der Waals surface area contributed by atoms with Crippen LogP contribution in [0.25, 0.3) is 11.0 Å². The minimum Gasteiger partial charge on any atom is -0.382 e. The van der Waals surface area contributed by atoms with E-state index in [9.17, 15) is 9.59 Å². The van der Waals surface area contributed by atoms with Gasteiger partial charge in [-0.3, -0.25) is 9.59 Å². The number of rotatable bonds is 7.